The van der Waals surface area contributed by atoms with Crippen LogP contribution in [0.2, 0.25) is 0 Å². The van der Waals surface area contributed by atoms with Crippen molar-refractivity contribution in [2.45, 2.75) is 90.4 Å². The van der Waals surface area contributed by atoms with Crippen molar-refractivity contribution in [3.8, 4) is 0 Å². The molecule has 93 valence electrons. The molecule has 0 aromatic rings. The van der Waals surface area contributed by atoms with Gasteiger partial charge in [-0.05, 0) is 0 Å². The van der Waals surface area contributed by atoms with Gasteiger partial charge in [0.1, 0.15) is 0 Å². The molecule has 16 heavy (non-hydrogen) atoms. The van der Waals surface area contributed by atoms with E-state index in [1.807, 2.05) is 0 Å². The molecule has 0 aliphatic carbocycles. The first-order valence-electron chi connectivity index (χ1n) is 7.21. The Morgan fingerprint density at radius 1 is 0.562 bits per heavy atom. The van der Waals surface area contributed by atoms with Gasteiger partial charge in [0.05, 0.1) is 0 Å². The molecule has 1 radical (unpaired) electrons. The molecule has 0 N–H and O–H groups in total. The molecule has 1 heteroatoms. The molecule has 0 amide bonds. The van der Waals surface area contributed by atoms with Gasteiger partial charge in [-0.2, -0.15) is 0 Å². The predicted octanol–water partition coefficient (Wildman–Crippen LogP) is 5.26. The Morgan fingerprint density at radius 3 is 1.19 bits per heavy atom. The summed E-state index contributed by atoms with van der Waals surface area (Å²) in [5, 5.41) is 0. The van der Waals surface area contributed by atoms with Gasteiger partial charge in [0.25, 0.3) is 0 Å². The second-order valence-corrected chi connectivity index (χ2v) is 4.74. The molecule has 0 spiro atoms. The average molecular weight is 235 g/mol. The van der Waals surface area contributed by atoms with Gasteiger partial charge in [-0.25, -0.2) is 0 Å². The quantitative estimate of drug-likeness (QED) is 0.319. The Bertz CT molecular complexity index is 89.6. The monoisotopic (exact) mass is 235 g/mol. The fourth-order valence-corrected chi connectivity index (χ4v) is 2.02. The van der Waals surface area contributed by atoms with Crippen LogP contribution < -0.4 is 0 Å². The maximum absolute atomic E-state index is 3.87. The van der Waals surface area contributed by atoms with Crippen LogP contribution >= 0.6 is 0 Å². The SMILES string of the molecule is [CH2]CCCCCCCCCCCCCC.[NaH]. The van der Waals surface area contributed by atoms with Crippen molar-refractivity contribution in [1.82, 2.24) is 0 Å². The van der Waals surface area contributed by atoms with E-state index >= 15 is 0 Å². The van der Waals surface area contributed by atoms with Gasteiger partial charge in [-0.1, -0.05) is 97.3 Å². The van der Waals surface area contributed by atoms with Crippen molar-refractivity contribution in [3.05, 3.63) is 6.92 Å². The molecule has 0 aromatic heterocycles. The van der Waals surface area contributed by atoms with E-state index in [9.17, 15) is 0 Å². The van der Waals surface area contributed by atoms with Crippen molar-refractivity contribution in [1.29, 1.82) is 0 Å². The van der Waals surface area contributed by atoms with E-state index < -0.39 is 0 Å². The van der Waals surface area contributed by atoms with Gasteiger partial charge in [0, 0.05) is 0 Å². The molecule has 0 nitrogen and oxygen atoms in total. The Kier molecular flexibility index (Phi) is 22.2. The third-order valence-electron chi connectivity index (χ3n) is 3.10. The second-order valence-electron chi connectivity index (χ2n) is 4.74. The van der Waals surface area contributed by atoms with Crippen LogP contribution in [0.3, 0.4) is 0 Å². The molecule has 0 fully saturated rings. The summed E-state index contributed by atoms with van der Waals surface area (Å²) >= 11 is 0. The van der Waals surface area contributed by atoms with Crippen molar-refractivity contribution in [2.24, 2.45) is 0 Å². The normalized spacial score (nSPS) is 10.1. The first kappa shape index (κ1) is 19.3. The molecule has 0 atom stereocenters. The minimum absolute atomic E-state index is 0. The number of hydrogen-bond acceptors (Lipinski definition) is 0. The molecule has 0 aromatic carbocycles. The number of rotatable bonds is 12. The van der Waals surface area contributed by atoms with E-state index in [0.29, 0.717) is 0 Å². The van der Waals surface area contributed by atoms with Gasteiger partial charge >= 0.3 is 29.6 Å². The Balaban J connectivity index is 0. The summed E-state index contributed by atoms with van der Waals surface area (Å²) in [6, 6.07) is 0. The predicted molar refractivity (Wildman–Crippen MR) is 78.2 cm³/mol. The fourth-order valence-electron chi connectivity index (χ4n) is 2.02. The second kappa shape index (κ2) is 18.4. The molecular weight excluding hydrogens is 203 g/mol. The van der Waals surface area contributed by atoms with Crippen molar-refractivity contribution >= 4 is 29.6 Å². The third-order valence-corrected chi connectivity index (χ3v) is 3.10. The topological polar surface area (TPSA) is 0 Å². The number of hydrogen-bond donors (Lipinski definition) is 0. The Hall–Kier alpha value is 1.00. The van der Waals surface area contributed by atoms with E-state index in [2.05, 4.69) is 13.8 Å². The van der Waals surface area contributed by atoms with E-state index in [0.717, 1.165) is 6.42 Å². The average Bonchev–Trinajstić information content (AvgIpc) is 2.26. The maximum atomic E-state index is 3.87. The van der Waals surface area contributed by atoms with Crippen LogP contribution in [-0.4, -0.2) is 29.6 Å². The standard InChI is InChI=1S/C15H31.Na.H/c1-3-5-7-9-11-13-15-14-12-10-8-6-4-2;;/h1,3-15H2,2H3;;. The molecule has 0 saturated carbocycles. The van der Waals surface area contributed by atoms with Crippen molar-refractivity contribution in [3.63, 3.8) is 0 Å². The molecule has 0 heterocycles. The Morgan fingerprint density at radius 2 is 0.875 bits per heavy atom. The summed E-state index contributed by atoms with van der Waals surface area (Å²) in [7, 11) is 0. The van der Waals surface area contributed by atoms with Crippen LogP contribution in [0.15, 0.2) is 0 Å². The molecule has 0 aliphatic rings. The van der Waals surface area contributed by atoms with Gasteiger partial charge in [0.15, 0.2) is 0 Å². The Labute approximate surface area is 126 Å². The molecule has 0 unspecified atom stereocenters. The van der Waals surface area contributed by atoms with Crippen LogP contribution in [0, 0.1) is 6.92 Å². The van der Waals surface area contributed by atoms with Gasteiger partial charge in [-0.3, -0.25) is 0 Å². The zero-order valence-corrected chi connectivity index (χ0v) is 10.9. The van der Waals surface area contributed by atoms with E-state index in [1.54, 1.807) is 0 Å². The van der Waals surface area contributed by atoms with E-state index in [1.165, 1.54) is 77.0 Å². The van der Waals surface area contributed by atoms with Crippen LogP contribution in [0.25, 0.3) is 0 Å². The van der Waals surface area contributed by atoms with Crippen LogP contribution in [0.1, 0.15) is 90.4 Å². The molecular formula is C15H32Na. The summed E-state index contributed by atoms with van der Waals surface area (Å²) in [4.78, 5) is 0. The van der Waals surface area contributed by atoms with Crippen molar-refractivity contribution < 1.29 is 0 Å². The van der Waals surface area contributed by atoms with Gasteiger partial charge in [-0.15, -0.1) is 0 Å². The van der Waals surface area contributed by atoms with Crippen LogP contribution in [-0.2, 0) is 0 Å². The first-order valence-corrected chi connectivity index (χ1v) is 7.21. The molecule has 0 saturated heterocycles. The molecule has 0 rings (SSSR count). The van der Waals surface area contributed by atoms with Gasteiger partial charge in [0.2, 0.25) is 0 Å². The van der Waals surface area contributed by atoms with E-state index in [4.69, 9.17) is 0 Å². The van der Waals surface area contributed by atoms with Gasteiger partial charge < -0.3 is 0 Å². The van der Waals surface area contributed by atoms with Crippen molar-refractivity contribution in [2.75, 3.05) is 0 Å². The molecule has 0 aliphatic heterocycles. The first-order chi connectivity index (χ1) is 7.41. The summed E-state index contributed by atoms with van der Waals surface area (Å²) in [6.45, 7) is 6.15. The van der Waals surface area contributed by atoms with E-state index in [-0.39, 0.29) is 29.6 Å². The zero-order valence-electron chi connectivity index (χ0n) is 10.9. The third kappa shape index (κ3) is 17.4. The summed E-state index contributed by atoms with van der Waals surface area (Å²) in [5.41, 5.74) is 0. The minimum atomic E-state index is 0. The summed E-state index contributed by atoms with van der Waals surface area (Å²) in [5.74, 6) is 0. The zero-order chi connectivity index (χ0) is 11.2. The fraction of sp³-hybridized carbons (Fsp3) is 0.933. The number of unbranched alkanes of at least 4 members (excludes halogenated alkanes) is 12. The van der Waals surface area contributed by atoms with Crippen LogP contribution in [0.4, 0.5) is 0 Å². The molecule has 0 bridgehead atoms. The summed E-state index contributed by atoms with van der Waals surface area (Å²) < 4.78 is 0. The van der Waals surface area contributed by atoms with Crippen LogP contribution in [0.5, 0.6) is 0 Å². The summed E-state index contributed by atoms with van der Waals surface area (Å²) in [6.07, 6.45) is 18.3.